The number of nitrogens with zero attached hydrogens (tertiary/aromatic N) is 2. The lowest BCUT2D eigenvalue weighted by Gasteiger charge is -2.33. The average Bonchev–Trinajstić information content (AvgIpc) is 3.20. The molecule has 1 aliphatic heterocycles. The van der Waals surface area contributed by atoms with Crippen molar-refractivity contribution in [1.82, 2.24) is 10.6 Å². The zero-order valence-corrected chi connectivity index (χ0v) is 18.2. The van der Waals surface area contributed by atoms with E-state index < -0.39 is 0 Å². The lowest BCUT2D eigenvalue weighted by molar-refractivity contribution is 0.129. The number of nitrogens with one attached hydrogen (secondary N) is 2. The molecule has 2 heterocycles. The van der Waals surface area contributed by atoms with E-state index in [0.717, 1.165) is 43.2 Å². The molecule has 1 aromatic carbocycles. The highest BCUT2D eigenvalue weighted by molar-refractivity contribution is 7.14. The second kappa shape index (κ2) is 9.32. The molecule has 3 rings (SSSR count). The van der Waals surface area contributed by atoms with Gasteiger partial charge in [-0.25, -0.2) is 0 Å². The van der Waals surface area contributed by atoms with E-state index in [-0.39, 0.29) is 5.60 Å². The Morgan fingerprint density at radius 3 is 2.57 bits per heavy atom. The third-order valence-electron chi connectivity index (χ3n) is 4.71. The van der Waals surface area contributed by atoms with Crippen LogP contribution in [-0.4, -0.2) is 37.7 Å². The van der Waals surface area contributed by atoms with Crippen molar-refractivity contribution in [3.8, 4) is 5.75 Å². The van der Waals surface area contributed by atoms with E-state index in [2.05, 4.69) is 64.9 Å². The number of piperidine rings is 1. The second-order valence-electron chi connectivity index (χ2n) is 8.10. The molecule has 2 aromatic rings. The summed E-state index contributed by atoms with van der Waals surface area (Å²) >= 11 is 1.82. The van der Waals surface area contributed by atoms with Crippen molar-refractivity contribution in [3.05, 3.63) is 47.3 Å². The molecule has 0 atom stereocenters. The maximum Gasteiger partial charge on any atom is 0.191 e. The number of rotatable bonds is 5. The molecule has 0 amide bonds. The van der Waals surface area contributed by atoms with Gasteiger partial charge in [-0.3, -0.25) is 4.99 Å². The molecule has 0 spiro atoms. The highest BCUT2D eigenvalue weighted by Gasteiger charge is 2.21. The first kappa shape index (κ1) is 20.5. The summed E-state index contributed by atoms with van der Waals surface area (Å²) in [5.74, 6) is 1.77. The van der Waals surface area contributed by atoms with Gasteiger partial charge in [0, 0.05) is 38.3 Å². The normalized spacial score (nSPS) is 16.1. The van der Waals surface area contributed by atoms with Crippen molar-refractivity contribution in [2.75, 3.05) is 25.0 Å². The molecule has 0 aliphatic carbocycles. The molecule has 6 heteroatoms. The minimum atomic E-state index is -0.216. The highest BCUT2D eigenvalue weighted by Crippen LogP contribution is 2.25. The van der Waals surface area contributed by atoms with Gasteiger partial charge >= 0.3 is 0 Å². The van der Waals surface area contributed by atoms with Crippen LogP contribution in [-0.2, 0) is 6.54 Å². The van der Waals surface area contributed by atoms with E-state index in [1.807, 2.05) is 36.6 Å². The average molecular weight is 401 g/mol. The number of benzene rings is 1. The molecule has 0 radical (unpaired) electrons. The fourth-order valence-electron chi connectivity index (χ4n) is 3.34. The Hall–Kier alpha value is -2.21. The first-order chi connectivity index (χ1) is 13.4. The zero-order valence-electron chi connectivity index (χ0n) is 17.4. The monoisotopic (exact) mass is 400 g/mol. The zero-order chi connectivity index (χ0) is 20.0. The van der Waals surface area contributed by atoms with Gasteiger partial charge in [-0.05, 0) is 57.2 Å². The van der Waals surface area contributed by atoms with Crippen LogP contribution in [0, 0.1) is 0 Å². The first-order valence-electron chi connectivity index (χ1n) is 9.97. The lowest BCUT2D eigenvalue weighted by Crippen LogP contribution is -2.48. The molecule has 1 aromatic heterocycles. The van der Waals surface area contributed by atoms with Crippen LogP contribution < -0.4 is 20.3 Å². The number of guanidine groups is 1. The van der Waals surface area contributed by atoms with Gasteiger partial charge in [0.2, 0.25) is 0 Å². The molecule has 28 heavy (non-hydrogen) atoms. The van der Waals surface area contributed by atoms with Crippen molar-refractivity contribution < 1.29 is 4.74 Å². The van der Waals surface area contributed by atoms with E-state index in [9.17, 15) is 0 Å². The van der Waals surface area contributed by atoms with Crippen LogP contribution in [0.25, 0.3) is 0 Å². The summed E-state index contributed by atoms with van der Waals surface area (Å²) in [6, 6.07) is 13.0. The fraction of sp³-hybridized carbons (Fsp3) is 0.500. The first-order valence-corrected chi connectivity index (χ1v) is 10.8. The number of aliphatic imine (C=N–C) groups is 1. The van der Waals surface area contributed by atoms with E-state index in [4.69, 9.17) is 4.74 Å². The number of thiophene rings is 1. The van der Waals surface area contributed by atoms with Gasteiger partial charge in [-0.15, -0.1) is 11.3 Å². The molecule has 0 unspecified atom stereocenters. The standard InChI is InChI=1S/C22H32N4OS/c1-22(2,3)27-19-9-6-5-8-17(19)16-24-21(23-4)25-18-11-13-26(14-12-18)20-10-7-15-28-20/h5-10,15,18H,11-14,16H2,1-4H3,(H2,23,24,25). The van der Waals surface area contributed by atoms with Gasteiger partial charge in [-0.1, -0.05) is 18.2 Å². The molecular formula is C22H32N4OS. The second-order valence-corrected chi connectivity index (χ2v) is 9.03. The van der Waals surface area contributed by atoms with Crippen LogP contribution in [0.3, 0.4) is 0 Å². The summed E-state index contributed by atoms with van der Waals surface area (Å²) in [5.41, 5.74) is 0.917. The van der Waals surface area contributed by atoms with Crippen LogP contribution in [0.2, 0.25) is 0 Å². The number of para-hydroxylation sites is 1. The summed E-state index contributed by atoms with van der Waals surface area (Å²) in [5, 5.41) is 10.5. The Balaban J connectivity index is 1.51. The maximum absolute atomic E-state index is 6.09. The van der Waals surface area contributed by atoms with Crippen LogP contribution in [0.1, 0.15) is 39.2 Å². The number of anilines is 1. The van der Waals surface area contributed by atoms with Crippen LogP contribution in [0.15, 0.2) is 46.8 Å². The van der Waals surface area contributed by atoms with Crippen molar-refractivity contribution in [2.24, 2.45) is 4.99 Å². The van der Waals surface area contributed by atoms with Crippen molar-refractivity contribution in [1.29, 1.82) is 0 Å². The summed E-state index contributed by atoms with van der Waals surface area (Å²) in [6.45, 7) is 9.05. The van der Waals surface area contributed by atoms with Crippen LogP contribution in [0.4, 0.5) is 5.00 Å². The molecule has 152 valence electrons. The van der Waals surface area contributed by atoms with Gasteiger partial charge < -0.3 is 20.3 Å². The smallest absolute Gasteiger partial charge is 0.191 e. The minimum Gasteiger partial charge on any atom is -0.488 e. The van der Waals surface area contributed by atoms with Crippen LogP contribution in [0.5, 0.6) is 5.75 Å². The Morgan fingerprint density at radius 2 is 1.93 bits per heavy atom. The molecule has 0 bridgehead atoms. The Morgan fingerprint density at radius 1 is 1.18 bits per heavy atom. The van der Waals surface area contributed by atoms with Crippen molar-refractivity contribution in [2.45, 2.75) is 51.8 Å². The lowest BCUT2D eigenvalue weighted by atomic mass is 10.1. The van der Waals surface area contributed by atoms with Gasteiger partial charge in [0.1, 0.15) is 11.4 Å². The summed E-state index contributed by atoms with van der Waals surface area (Å²) < 4.78 is 6.09. The number of hydrogen-bond acceptors (Lipinski definition) is 4. The third-order valence-corrected chi connectivity index (χ3v) is 5.64. The predicted octanol–water partition coefficient (Wildman–Crippen LogP) is 4.26. The number of ether oxygens (including phenoxy) is 1. The minimum absolute atomic E-state index is 0.216. The van der Waals surface area contributed by atoms with Crippen molar-refractivity contribution >= 4 is 22.3 Å². The van der Waals surface area contributed by atoms with Gasteiger partial charge in [0.15, 0.2) is 5.96 Å². The van der Waals surface area contributed by atoms with E-state index in [0.29, 0.717) is 12.6 Å². The summed E-state index contributed by atoms with van der Waals surface area (Å²) in [6.07, 6.45) is 2.23. The Kier molecular flexibility index (Phi) is 6.83. The van der Waals surface area contributed by atoms with Gasteiger partial charge in [0.05, 0.1) is 5.00 Å². The largest absolute Gasteiger partial charge is 0.488 e. The molecule has 1 saturated heterocycles. The SMILES string of the molecule is CN=C(NCc1ccccc1OC(C)(C)C)NC1CCN(c2cccs2)CC1. The molecular weight excluding hydrogens is 368 g/mol. The number of hydrogen-bond donors (Lipinski definition) is 2. The summed E-state index contributed by atoms with van der Waals surface area (Å²) in [7, 11) is 1.83. The van der Waals surface area contributed by atoms with E-state index >= 15 is 0 Å². The summed E-state index contributed by atoms with van der Waals surface area (Å²) in [4.78, 5) is 6.88. The van der Waals surface area contributed by atoms with E-state index in [1.165, 1.54) is 5.00 Å². The molecule has 5 nitrogen and oxygen atoms in total. The van der Waals surface area contributed by atoms with Crippen LogP contribution >= 0.6 is 11.3 Å². The van der Waals surface area contributed by atoms with Crippen molar-refractivity contribution in [3.63, 3.8) is 0 Å². The van der Waals surface area contributed by atoms with Gasteiger partial charge in [-0.2, -0.15) is 0 Å². The quantitative estimate of drug-likeness (QED) is 0.582. The molecule has 1 aliphatic rings. The fourth-order valence-corrected chi connectivity index (χ4v) is 4.13. The maximum atomic E-state index is 6.09. The van der Waals surface area contributed by atoms with Gasteiger partial charge in [0.25, 0.3) is 0 Å². The molecule has 1 fully saturated rings. The Labute approximate surface area is 172 Å². The Bertz CT molecular complexity index is 759. The molecule has 0 saturated carbocycles. The molecule has 2 N–H and O–H groups in total. The highest BCUT2D eigenvalue weighted by atomic mass is 32.1. The third kappa shape index (κ3) is 5.89. The predicted molar refractivity (Wildman–Crippen MR) is 120 cm³/mol. The van der Waals surface area contributed by atoms with E-state index in [1.54, 1.807) is 0 Å². The topological polar surface area (TPSA) is 48.9 Å².